The molecule has 1 aromatic heterocycles. The highest BCUT2D eigenvalue weighted by molar-refractivity contribution is 6.33. The molecule has 1 fully saturated rings. The van der Waals surface area contributed by atoms with Crippen molar-refractivity contribution in [2.24, 2.45) is 7.05 Å². The van der Waals surface area contributed by atoms with Gasteiger partial charge in [0, 0.05) is 39.8 Å². The quantitative estimate of drug-likeness (QED) is 0.790. The Balaban J connectivity index is 1.90. The smallest absolute Gasteiger partial charge is 0.258 e. The monoisotopic (exact) mass is 339 g/mol. The van der Waals surface area contributed by atoms with E-state index in [9.17, 15) is 9.59 Å². The van der Waals surface area contributed by atoms with Crippen LogP contribution in [-0.2, 0) is 11.8 Å². The number of carbonyl (C=O) groups is 2. The molecule has 1 aromatic rings. The predicted octanol–water partition coefficient (Wildman–Crippen LogP) is 0.442. The minimum absolute atomic E-state index is 0.0316. The van der Waals surface area contributed by atoms with Crippen LogP contribution in [0.1, 0.15) is 16.1 Å². The minimum atomic E-state index is -0.101. The summed E-state index contributed by atoms with van der Waals surface area (Å²) in [5.41, 5.74) is 1.10. The van der Waals surface area contributed by atoms with Gasteiger partial charge in [0.15, 0.2) is 0 Å². The highest BCUT2D eigenvalue weighted by atomic mass is 35.5. The number of hydrogen-bond acceptors (Lipinski definition) is 4. The Bertz CT molecular complexity index is 605. The number of carbonyl (C=O) groups excluding carboxylic acids is 2. The van der Waals surface area contributed by atoms with Gasteiger partial charge in [-0.05, 0) is 6.92 Å². The Kier molecular flexibility index (Phi) is 5.79. The second-order valence-electron chi connectivity index (χ2n) is 5.54. The van der Waals surface area contributed by atoms with Crippen LogP contribution in [0, 0.1) is 6.92 Å². The lowest BCUT2D eigenvalue weighted by atomic mass is 10.2. The molecular formula is C15H22ClN5O2. The van der Waals surface area contributed by atoms with E-state index in [-0.39, 0.29) is 11.8 Å². The molecule has 1 aliphatic rings. The maximum absolute atomic E-state index is 12.6. The third-order valence-corrected chi connectivity index (χ3v) is 4.27. The number of rotatable bonds is 5. The van der Waals surface area contributed by atoms with Crippen LogP contribution in [0.4, 0.5) is 0 Å². The van der Waals surface area contributed by atoms with Gasteiger partial charge in [-0.3, -0.25) is 19.2 Å². The minimum Gasteiger partial charge on any atom is -0.352 e. The normalized spacial score (nSPS) is 15.5. The van der Waals surface area contributed by atoms with Crippen molar-refractivity contribution >= 4 is 23.4 Å². The van der Waals surface area contributed by atoms with Gasteiger partial charge in [0.1, 0.15) is 5.15 Å². The summed E-state index contributed by atoms with van der Waals surface area (Å²) in [5, 5.41) is 7.28. The highest BCUT2D eigenvalue weighted by Gasteiger charge is 2.27. The average Bonchev–Trinajstić information content (AvgIpc) is 2.78. The third kappa shape index (κ3) is 4.11. The van der Waals surface area contributed by atoms with E-state index >= 15 is 0 Å². The molecule has 7 nitrogen and oxygen atoms in total. The van der Waals surface area contributed by atoms with Crippen molar-refractivity contribution in [3.63, 3.8) is 0 Å². The Hall–Kier alpha value is -1.86. The molecule has 2 amide bonds. The van der Waals surface area contributed by atoms with Crippen molar-refractivity contribution in [3.8, 4) is 0 Å². The second-order valence-corrected chi connectivity index (χ2v) is 5.89. The van der Waals surface area contributed by atoms with Crippen LogP contribution in [0.2, 0.25) is 5.15 Å². The molecule has 1 saturated heterocycles. The van der Waals surface area contributed by atoms with E-state index in [4.69, 9.17) is 11.6 Å². The van der Waals surface area contributed by atoms with Crippen LogP contribution in [0.3, 0.4) is 0 Å². The summed E-state index contributed by atoms with van der Waals surface area (Å²) in [6.07, 6.45) is 1.65. The largest absolute Gasteiger partial charge is 0.352 e. The van der Waals surface area contributed by atoms with E-state index in [1.54, 1.807) is 24.9 Å². The molecule has 0 aromatic carbocycles. The first-order chi connectivity index (χ1) is 10.9. The molecule has 126 valence electrons. The Morgan fingerprint density at radius 2 is 2.00 bits per heavy atom. The van der Waals surface area contributed by atoms with Gasteiger partial charge < -0.3 is 10.2 Å². The summed E-state index contributed by atoms with van der Waals surface area (Å²) in [7, 11) is 1.71. The van der Waals surface area contributed by atoms with Crippen molar-refractivity contribution in [1.82, 2.24) is 24.9 Å². The lowest BCUT2D eigenvalue weighted by molar-refractivity contribution is -0.122. The molecule has 0 unspecified atom stereocenters. The number of nitrogens with one attached hydrogen (secondary N) is 1. The summed E-state index contributed by atoms with van der Waals surface area (Å²) < 4.78 is 1.50. The Labute approximate surface area is 140 Å². The molecule has 0 atom stereocenters. The SMILES string of the molecule is C=CCNC(=O)CN1CCN(C(=O)c2c(C)nn(C)c2Cl)CC1. The fourth-order valence-electron chi connectivity index (χ4n) is 2.59. The number of aryl methyl sites for hydroxylation is 2. The van der Waals surface area contributed by atoms with Gasteiger partial charge in [-0.1, -0.05) is 17.7 Å². The van der Waals surface area contributed by atoms with E-state index in [2.05, 4.69) is 17.0 Å². The molecule has 1 aliphatic heterocycles. The number of aromatic nitrogens is 2. The maximum Gasteiger partial charge on any atom is 0.258 e. The average molecular weight is 340 g/mol. The van der Waals surface area contributed by atoms with Crippen LogP contribution < -0.4 is 5.32 Å². The number of amides is 2. The molecule has 0 radical (unpaired) electrons. The number of hydrogen-bond donors (Lipinski definition) is 1. The zero-order valence-electron chi connectivity index (χ0n) is 13.5. The zero-order valence-corrected chi connectivity index (χ0v) is 14.3. The first-order valence-electron chi connectivity index (χ1n) is 7.52. The topological polar surface area (TPSA) is 70.5 Å². The molecule has 0 bridgehead atoms. The van der Waals surface area contributed by atoms with Gasteiger partial charge in [-0.2, -0.15) is 5.10 Å². The van der Waals surface area contributed by atoms with E-state index in [0.717, 1.165) is 0 Å². The van der Waals surface area contributed by atoms with Crippen molar-refractivity contribution in [3.05, 3.63) is 29.1 Å². The van der Waals surface area contributed by atoms with Crippen molar-refractivity contribution in [1.29, 1.82) is 0 Å². The van der Waals surface area contributed by atoms with Gasteiger partial charge in [0.05, 0.1) is 17.8 Å². The first-order valence-corrected chi connectivity index (χ1v) is 7.90. The highest BCUT2D eigenvalue weighted by Crippen LogP contribution is 2.21. The number of piperazine rings is 1. The molecule has 2 rings (SSSR count). The number of halogens is 1. The van der Waals surface area contributed by atoms with Crippen LogP contribution in [0.5, 0.6) is 0 Å². The molecule has 8 heteroatoms. The van der Waals surface area contributed by atoms with E-state index in [1.807, 2.05) is 4.90 Å². The van der Waals surface area contributed by atoms with Crippen LogP contribution >= 0.6 is 11.6 Å². The van der Waals surface area contributed by atoms with Crippen LogP contribution in [0.25, 0.3) is 0 Å². The summed E-state index contributed by atoms with van der Waals surface area (Å²) in [5.74, 6) is -0.132. The van der Waals surface area contributed by atoms with Crippen molar-refractivity contribution in [2.45, 2.75) is 6.92 Å². The van der Waals surface area contributed by atoms with E-state index < -0.39 is 0 Å². The molecule has 2 heterocycles. The summed E-state index contributed by atoms with van der Waals surface area (Å²) >= 11 is 6.16. The summed E-state index contributed by atoms with van der Waals surface area (Å²) in [4.78, 5) is 28.1. The van der Waals surface area contributed by atoms with Gasteiger partial charge in [-0.25, -0.2) is 0 Å². The third-order valence-electron chi connectivity index (χ3n) is 3.84. The number of nitrogens with zero attached hydrogens (tertiary/aromatic N) is 4. The molecule has 0 spiro atoms. The van der Waals surface area contributed by atoms with E-state index in [0.29, 0.717) is 55.7 Å². The Morgan fingerprint density at radius 3 is 2.52 bits per heavy atom. The molecule has 1 N–H and O–H groups in total. The molecule has 0 aliphatic carbocycles. The lowest BCUT2D eigenvalue weighted by Crippen LogP contribution is -2.51. The van der Waals surface area contributed by atoms with Gasteiger partial charge in [0.25, 0.3) is 5.91 Å². The lowest BCUT2D eigenvalue weighted by Gasteiger charge is -2.34. The molecular weight excluding hydrogens is 318 g/mol. The fraction of sp³-hybridized carbons (Fsp3) is 0.533. The van der Waals surface area contributed by atoms with Crippen molar-refractivity contribution < 1.29 is 9.59 Å². The standard InChI is InChI=1S/C15H22ClN5O2/c1-4-5-17-12(22)10-20-6-8-21(9-7-20)15(23)13-11(2)18-19(3)14(13)16/h4H,1,5-10H2,2-3H3,(H,17,22). The summed E-state index contributed by atoms with van der Waals surface area (Å²) in [6.45, 7) is 8.59. The fourth-order valence-corrected chi connectivity index (χ4v) is 2.84. The van der Waals surface area contributed by atoms with Crippen molar-refractivity contribution in [2.75, 3.05) is 39.3 Å². The van der Waals surface area contributed by atoms with Gasteiger partial charge in [0.2, 0.25) is 5.91 Å². The van der Waals surface area contributed by atoms with Gasteiger partial charge >= 0.3 is 0 Å². The molecule has 0 saturated carbocycles. The first kappa shape index (κ1) is 17.5. The van der Waals surface area contributed by atoms with Gasteiger partial charge in [-0.15, -0.1) is 6.58 Å². The maximum atomic E-state index is 12.6. The predicted molar refractivity (Wildman–Crippen MR) is 88.5 cm³/mol. The van der Waals surface area contributed by atoms with Crippen LogP contribution in [-0.4, -0.2) is 70.7 Å². The van der Waals surface area contributed by atoms with E-state index in [1.165, 1.54) is 4.68 Å². The van der Waals surface area contributed by atoms with Crippen LogP contribution in [0.15, 0.2) is 12.7 Å². The Morgan fingerprint density at radius 1 is 1.35 bits per heavy atom. The summed E-state index contributed by atoms with van der Waals surface area (Å²) in [6, 6.07) is 0. The zero-order chi connectivity index (χ0) is 17.0. The molecule has 23 heavy (non-hydrogen) atoms. The second kappa shape index (κ2) is 7.61.